The lowest BCUT2D eigenvalue weighted by Gasteiger charge is -2.21. The van der Waals surface area contributed by atoms with Gasteiger partial charge in [-0.05, 0) is 37.6 Å². The molecule has 0 saturated carbocycles. The number of aryl methyl sites for hydroxylation is 2. The minimum atomic E-state index is -0.434. The van der Waals surface area contributed by atoms with Crippen molar-refractivity contribution < 1.29 is 14.3 Å². The number of imidazole rings is 1. The second kappa shape index (κ2) is 8.05. The van der Waals surface area contributed by atoms with Crippen molar-refractivity contribution in [2.75, 3.05) is 19.1 Å². The van der Waals surface area contributed by atoms with E-state index in [0.29, 0.717) is 18.8 Å². The Morgan fingerprint density at radius 3 is 2.79 bits per heavy atom. The molecule has 0 aliphatic heterocycles. The molecule has 1 aromatic carbocycles. The molecule has 0 spiro atoms. The van der Waals surface area contributed by atoms with Crippen molar-refractivity contribution in [2.45, 2.75) is 26.9 Å². The van der Waals surface area contributed by atoms with E-state index < -0.39 is 6.09 Å². The van der Waals surface area contributed by atoms with Crippen molar-refractivity contribution in [1.29, 1.82) is 0 Å². The lowest BCUT2D eigenvalue weighted by molar-refractivity contribution is 0.180. The van der Waals surface area contributed by atoms with Crippen LogP contribution in [0, 0.1) is 26.2 Å². The topological polar surface area (TPSA) is 56.1 Å². The Kier molecular flexibility index (Phi) is 5.55. The van der Waals surface area contributed by atoms with Gasteiger partial charge >= 0.3 is 6.09 Å². The number of pyridine rings is 1. The van der Waals surface area contributed by atoms with Crippen LogP contribution in [0.2, 0.25) is 0 Å². The standard InChI is InChI=1S/C22H23N3O3/c1-6-9-18-16(3)23-21-20(12-8-13-25(18)21)28-14-17-15(2)10-7-11-19(17)24(4)22(26)27-5/h1,7-8,10-13H,9,14H2,2-5H3. The van der Waals surface area contributed by atoms with Crippen LogP contribution in [0.4, 0.5) is 10.5 Å². The molecule has 1 amide bonds. The number of fused-ring (bicyclic) bond motifs is 1. The number of amides is 1. The molecule has 6 nitrogen and oxygen atoms in total. The molecule has 3 aromatic rings. The number of carbonyl (C=O) groups excluding carboxylic acids is 1. The second-order valence-electron chi connectivity index (χ2n) is 6.48. The maximum atomic E-state index is 12.0. The number of nitrogens with zero attached hydrogens (tertiary/aromatic N) is 3. The van der Waals surface area contributed by atoms with Gasteiger partial charge in [-0.25, -0.2) is 9.78 Å². The average Bonchev–Trinajstić information content (AvgIpc) is 3.02. The zero-order valence-electron chi connectivity index (χ0n) is 16.5. The van der Waals surface area contributed by atoms with Gasteiger partial charge in [-0.1, -0.05) is 12.1 Å². The number of benzene rings is 1. The first-order valence-corrected chi connectivity index (χ1v) is 8.91. The van der Waals surface area contributed by atoms with Gasteiger partial charge in [0.2, 0.25) is 0 Å². The van der Waals surface area contributed by atoms with Crippen LogP contribution in [0.25, 0.3) is 5.65 Å². The number of aromatic nitrogens is 2. The molecule has 0 atom stereocenters. The highest BCUT2D eigenvalue weighted by Gasteiger charge is 2.18. The maximum Gasteiger partial charge on any atom is 0.413 e. The van der Waals surface area contributed by atoms with E-state index in [9.17, 15) is 4.79 Å². The van der Waals surface area contributed by atoms with Crippen molar-refractivity contribution in [3.05, 3.63) is 59.0 Å². The summed E-state index contributed by atoms with van der Waals surface area (Å²) in [5, 5.41) is 0. The molecule has 0 bridgehead atoms. The average molecular weight is 377 g/mol. The monoisotopic (exact) mass is 377 g/mol. The van der Waals surface area contributed by atoms with E-state index in [-0.39, 0.29) is 0 Å². The molecule has 2 heterocycles. The molecule has 144 valence electrons. The molecule has 6 heteroatoms. The van der Waals surface area contributed by atoms with Gasteiger partial charge in [0, 0.05) is 18.8 Å². The third-order valence-corrected chi connectivity index (χ3v) is 4.75. The fourth-order valence-corrected chi connectivity index (χ4v) is 3.20. The zero-order valence-corrected chi connectivity index (χ0v) is 16.5. The van der Waals surface area contributed by atoms with Crippen molar-refractivity contribution in [3.63, 3.8) is 0 Å². The van der Waals surface area contributed by atoms with Crippen LogP contribution in [-0.4, -0.2) is 29.6 Å². The smallest absolute Gasteiger partial charge is 0.413 e. The molecule has 0 radical (unpaired) electrons. The third-order valence-electron chi connectivity index (χ3n) is 4.75. The number of methoxy groups -OCH3 is 1. The summed E-state index contributed by atoms with van der Waals surface area (Å²) in [6.07, 6.45) is 7.48. The summed E-state index contributed by atoms with van der Waals surface area (Å²) >= 11 is 0. The molecular formula is C22H23N3O3. The highest BCUT2D eigenvalue weighted by molar-refractivity contribution is 5.88. The quantitative estimate of drug-likeness (QED) is 0.633. The summed E-state index contributed by atoms with van der Waals surface area (Å²) in [4.78, 5) is 18.1. The normalized spacial score (nSPS) is 10.5. The van der Waals surface area contributed by atoms with Crippen LogP contribution in [0.1, 0.15) is 22.5 Å². The van der Waals surface area contributed by atoms with E-state index in [1.807, 2.05) is 54.8 Å². The minimum Gasteiger partial charge on any atom is -0.485 e. The van der Waals surface area contributed by atoms with Crippen LogP contribution in [0.5, 0.6) is 5.75 Å². The van der Waals surface area contributed by atoms with E-state index in [1.54, 1.807) is 7.05 Å². The summed E-state index contributed by atoms with van der Waals surface area (Å²) < 4.78 is 12.9. The van der Waals surface area contributed by atoms with Crippen LogP contribution < -0.4 is 9.64 Å². The predicted molar refractivity (Wildman–Crippen MR) is 109 cm³/mol. The van der Waals surface area contributed by atoms with Crippen molar-refractivity contribution in [2.24, 2.45) is 0 Å². The number of hydrogen-bond donors (Lipinski definition) is 0. The van der Waals surface area contributed by atoms with Crippen LogP contribution in [0.3, 0.4) is 0 Å². The number of ether oxygens (including phenoxy) is 2. The van der Waals surface area contributed by atoms with Gasteiger partial charge in [0.05, 0.1) is 30.6 Å². The van der Waals surface area contributed by atoms with Gasteiger partial charge in [0.15, 0.2) is 11.4 Å². The Morgan fingerprint density at radius 2 is 2.07 bits per heavy atom. The van der Waals surface area contributed by atoms with Gasteiger partial charge in [-0.15, -0.1) is 12.3 Å². The van der Waals surface area contributed by atoms with E-state index >= 15 is 0 Å². The Hall–Kier alpha value is -3.46. The Labute approximate surface area is 164 Å². The van der Waals surface area contributed by atoms with Gasteiger partial charge < -0.3 is 9.47 Å². The minimum absolute atomic E-state index is 0.291. The van der Waals surface area contributed by atoms with Crippen LogP contribution in [-0.2, 0) is 17.8 Å². The first-order chi connectivity index (χ1) is 13.5. The zero-order chi connectivity index (χ0) is 20.3. The van der Waals surface area contributed by atoms with E-state index in [4.69, 9.17) is 15.9 Å². The maximum absolute atomic E-state index is 12.0. The summed E-state index contributed by atoms with van der Waals surface area (Å²) in [5.41, 5.74) is 5.26. The molecular weight excluding hydrogens is 354 g/mol. The molecule has 0 unspecified atom stereocenters. The lowest BCUT2D eigenvalue weighted by atomic mass is 10.1. The molecule has 28 heavy (non-hydrogen) atoms. The fraction of sp³-hybridized carbons (Fsp3) is 0.273. The molecule has 3 rings (SSSR count). The SMILES string of the molecule is C#CCc1c(C)nc2c(OCc3c(C)cccc3N(C)C(=O)OC)cccn12. The summed E-state index contributed by atoms with van der Waals surface area (Å²) in [7, 11) is 3.04. The number of anilines is 1. The van der Waals surface area contributed by atoms with E-state index in [2.05, 4.69) is 10.9 Å². The highest BCUT2D eigenvalue weighted by Crippen LogP contribution is 2.27. The summed E-state index contributed by atoms with van der Waals surface area (Å²) in [5.74, 6) is 3.33. The number of terminal acetylenes is 1. The Morgan fingerprint density at radius 1 is 1.29 bits per heavy atom. The molecule has 0 N–H and O–H groups in total. The first-order valence-electron chi connectivity index (χ1n) is 8.91. The molecule has 0 aliphatic rings. The van der Waals surface area contributed by atoms with Gasteiger partial charge in [-0.3, -0.25) is 9.30 Å². The van der Waals surface area contributed by atoms with Crippen molar-refractivity contribution in [1.82, 2.24) is 9.38 Å². The van der Waals surface area contributed by atoms with E-state index in [0.717, 1.165) is 33.8 Å². The van der Waals surface area contributed by atoms with Crippen molar-refractivity contribution in [3.8, 4) is 18.1 Å². The van der Waals surface area contributed by atoms with Gasteiger partial charge in [0.25, 0.3) is 0 Å². The number of hydrogen-bond acceptors (Lipinski definition) is 4. The second-order valence-corrected chi connectivity index (χ2v) is 6.48. The van der Waals surface area contributed by atoms with Crippen LogP contribution >= 0.6 is 0 Å². The van der Waals surface area contributed by atoms with Gasteiger partial charge in [-0.2, -0.15) is 0 Å². The Bertz CT molecular complexity index is 1060. The van der Waals surface area contributed by atoms with Crippen LogP contribution in [0.15, 0.2) is 36.5 Å². The molecule has 2 aromatic heterocycles. The lowest BCUT2D eigenvalue weighted by Crippen LogP contribution is -2.27. The number of rotatable bonds is 5. The van der Waals surface area contributed by atoms with Crippen molar-refractivity contribution >= 4 is 17.4 Å². The summed E-state index contributed by atoms with van der Waals surface area (Å²) in [6, 6.07) is 9.54. The number of carbonyl (C=O) groups is 1. The fourth-order valence-electron chi connectivity index (χ4n) is 3.20. The van der Waals surface area contributed by atoms with E-state index in [1.165, 1.54) is 12.0 Å². The largest absolute Gasteiger partial charge is 0.485 e. The third kappa shape index (κ3) is 3.52. The molecule has 0 fully saturated rings. The Balaban J connectivity index is 1.95. The molecule has 0 aliphatic carbocycles. The predicted octanol–water partition coefficient (Wildman–Crippen LogP) is 3.91. The highest BCUT2D eigenvalue weighted by atomic mass is 16.5. The molecule has 0 saturated heterocycles. The summed E-state index contributed by atoms with van der Waals surface area (Å²) in [6.45, 7) is 4.21. The van der Waals surface area contributed by atoms with Gasteiger partial charge in [0.1, 0.15) is 6.61 Å². The first kappa shape index (κ1) is 19.3.